The summed E-state index contributed by atoms with van der Waals surface area (Å²) in [7, 11) is 2.90. The molecule has 33 heavy (non-hydrogen) atoms. The fraction of sp³-hybridized carbons (Fsp3) is 0.292. The number of furan rings is 1. The average molecular weight is 453 g/mol. The quantitative estimate of drug-likeness (QED) is 0.454. The number of nitrogens with one attached hydrogen (secondary N) is 1. The van der Waals surface area contributed by atoms with Gasteiger partial charge in [-0.05, 0) is 48.9 Å². The summed E-state index contributed by atoms with van der Waals surface area (Å²) < 4.78 is 21.5. The van der Waals surface area contributed by atoms with Gasteiger partial charge >= 0.3 is 12.0 Å². The smallest absolute Gasteiger partial charge is 0.373 e. The Labute approximate surface area is 192 Å². The van der Waals surface area contributed by atoms with E-state index >= 15 is 0 Å². The van der Waals surface area contributed by atoms with Crippen LogP contribution in [0.2, 0.25) is 0 Å². The molecule has 0 saturated carbocycles. The third kappa shape index (κ3) is 6.73. The summed E-state index contributed by atoms with van der Waals surface area (Å²) in [5.41, 5.74) is 0.719. The molecule has 2 amide bonds. The summed E-state index contributed by atoms with van der Waals surface area (Å²) in [6.07, 6.45) is 2.56. The number of amides is 2. The second-order valence-electron chi connectivity index (χ2n) is 7.16. The van der Waals surface area contributed by atoms with E-state index in [0.717, 1.165) is 17.7 Å². The number of hydrogen-bond donors (Lipinski definition) is 1. The molecule has 174 valence electrons. The molecule has 2 aromatic heterocycles. The second kappa shape index (κ2) is 11.6. The van der Waals surface area contributed by atoms with Gasteiger partial charge in [-0.2, -0.15) is 0 Å². The molecule has 0 aliphatic rings. The van der Waals surface area contributed by atoms with Crippen molar-refractivity contribution < 1.29 is 28.2 Å². The average Bonchev–Trinajstić information content (AvgIpc) is 3.30. The van der Waals surface area contributed by atoms with Crippen LogP contribution in [-0.4, -0.2) is 42.6 Å². The number of hydrogen-bond acceptors (Lipinski definition) is 7. The van der Waals surface area contributed by atoms with Crippen LogP contribution in [-0.2, 0) is 17.8 Å². The number of carbonyl (C=O) groups is 2. The Bertz CT molecular complexity index is 1060. The minimum Gasteiger partial charge on any atom is -0.494 e. The first-order chi connectivity index (χ1) is 16.0. The Balaban J connectivity index is 1.56. The highest BCUT2D eigenvalue weighted by Gasteiger charge is 2.16. The third-order valence-electron chi connectivity index (χ3n) is 4.58. The number of benzene rings is 1. The Morgan fingerprint density at radius 2 is 1.85 bits per heavy atom. The van der Waals surface area contributed by atoms with Crippen molar-refractivity contribution in [3.8, 4) is 17.4 Å². The maximum Gasteiger partial charge on any atom is 0.373 e. The van der Waals surface area contributed by atoms with Crippen molar-refractivity contribution in [1.82, 2.24) is 15.2 Å². The zero-order valence-corrected chi connectivity index (χ0v) is 18.9. The van der Waals surface area contributed by atoms with Gasteiger partial charge in [0, 0.05) is 25.4 Å². The number of nitrogens with zero attached hydrogens (tertiary/aromatic N) is 2. The Hall–Kier alpha value is -4.01. The molecule has 3 rings (SSSR count). The van der Waals surface area contributed by atoms with Gasteiger partial charge in [-0.3, -0.25) is 0 Å². The van der Waals surface area contributed by atoms with E-state index in [2.05, 4.69) is 22.0 Å². The molecule has 0 saturated heterocycles. The van der Waals surface area contributed by atoms with E-state index in [0.29, 0.717) is 24.0 Å². The maximum absolute atomic E-state index is 12.5. The lowest BCUT2D eigenvalue weighted by molar-refractivity contribution is 0.0562. The fourth-order valence-electron chi connectivity index (χ4n) is 2.87. The van der Waals surface area contributed by atoms with Crippen molar-refractivity contribution in [2.24, 2.45) is 0 Å². The van der Waals surface area contributed by atoms with Crippen molar-refractivity contribution >= 4 is 12.0 Å². The molecule has 9 heteroatoms. The van der Waals surface area contributed by atoms with Gasteiger partial charge in [-0.25, -0.2) is 14.6 Å². The van der Waals surface area contributed by atoms with Gasteiger partial charge in [-0.15, -0.1) is 0 Å². The summed E-state index contributed by atoms with van der Waals surface area (Å²) in [4.78, 5) is 29.7. The van der Waals surface area contributed by atoms with E-state index in [9.17, 15) is 9.59 Å². The van der Waals surface area contributed by atoms with Gasteiger partial charge in [0.2, 0.25) is 11.6 Å². The van der Waals surface area contributed by atoms with E-state index in [1.807, 2.05) is 30.3 Å². The standard InChI is InChI=1S/C24H27N3O6/c1-4-14-31-18-7-9-19(10-8-18)33-22-17(6-5-13-25-22)15-26-24(29)27(2)16-20-11-12-21(32-20)23(28)30-3/h5-13H,4,14-16H2,1-3H3,(H,26,29). The van der Waals surface area contributed by atoms with Crippen molar-refractivity contribution in [1.29, 1.82) is 0 Å². The minimum atomic E-state index is -0.569. The van der Waals surface area contributed by atoms with Crippen LogP contribution in [0.5, 0.6) is 17.4 Å². The second-order valence-corrected chi connectivity index (χ2v) is 7.16. The first-order valence-electron chi connectivity index (χ1n) is 10.5. The Morgan fingerprint density at radius 1 is 1.09 bits per heavy atom. The van der Waals surface area contributed by atoms with Crippen LogP contribution in [0.15, 0.2) is 59.1 Å². The van der Waals surface area contributed by atoms with Gasteiger partial charge < -0.3 is 28.8 Å². The van der Waals surface area contributed by atoms with Crippen molar-refractivity contribution in [3.63, 3.8) is 0 Å². The molecule has 0 radical (unpaired) electrons. The summed E-state index contributed by atoms with van der Waals surface area (Å²) in [6, 6.07) is 13.7. The van der Waals surface area contributed by atoms with Crippen LogP contribution in [0.1, 0.15) is 35.2 Å². The van der Waals surface area contributed by atoms with E-state index in [1.54, 1.807) is 25.4 Å². The zero-order valence-electron chi connectivity index (χ0n) is 18.9. The number of pyridine rings is 1. The third-order valence-corrected chi connectivity index (χ3v) is 4.58. The molecule has 0 bridgehead atoms. The molecular formula is C24H27N3O6. The van der Waals surface area contributed by atoms with Gasteiger partial charge in [-0.1, -0.05) is 13.0 Å². The van der Waals surface area contributed by atoms with Crippen LogP contribution in [0.3, 0.4) is 0 Å². The molecule has 0 spiro atoms. The number of aromatic nitrogens is 1. The Kier molecular flexibility index (Phi) is 8.29. The molecule has 0 aliphatic carbocycles. The summed E-state index contributed by atoms with van der Waals surface area (Å²) in [6.45, 7) is 3.11. The number of carbonyl (C=O) groups excluding carboxylic acids is 2. The molecule has 1 aromatic carbocycles. The summed E-state index contributed by atoms with van der Waals surface area (Å²) in [5, 5.41) is 2.83. The van der Waals surface area contributed by atoms with Crippen LogP contribution in [0, 0.1) is 0 Å². The van der Waals surface area contributed by atoms with E-state index < -0.39 is 5.97 Å². The number of ether oxygens (including phenoxy) is 3. The topological polar surface area (TPSA) is 103 Å². The molecule has 1 N–H and O–H groups in total. The van der Waals surface area contributed by atoms with Crippen molar-refractivity contribution in [3.05, 3.63) is 71.8 Å². The molecule has 9 nitrogen and oxygen atoms in total. The lowest BCUT2D eigenvalue weighted by Crippen LogP contribution is -2.36. The zero-order chi connectivity index (χ0) is 23.6. The number of methoxy groups -OCH3 is 1. The Morgan fingerprint density at radius 3 is 2.58 bits per heavy atom. The predicted molar refractivity (Wildman–Crippen MR) is 120 cm³/mol. The SMILES string of the molecule is CCCOc1ccc(Oc2ncccc2CNC(=O)N(C)Cc2ccc(C(=O)OC)o2)cc1. The lowest BCUT2D eigenvalue weighted by Gasteiger charge is -2.17. The van der Waals surface area contributed by atoms with Crippen LogP contribution in [0.4, 0.5) is 4.79 Å². The van der Waals surface area contributed by atoms with E-state index in [4.69, 9.17) is 13.9 Å². The first kappa shape index (κ1) is 23.6. The molecule has 3 aromatic rings. The molecule has 0 aliphatic heterocycles. The van der Waals surface area contributed by atoms with Crippen molar-refractivity contribution in [2.45, 2.75) is 26.4 Å². The van der Waals surface area contributed by atoms with Gasteiger partial charge in [0.15, 0.2) is 0 Å². The largest absolute Gasteiger partial charge is 0.494 e. The van der Waals surface area contributed by atoms with Crippen molar-refractivity contribution in [2.75, 3.05) is 20.8 Å². The first-order valence-corrected chi connectivity index (χ1v) is 10.5. The van der Waals surface area contributed by atoms with Crippen LogP contribution in [0.25, 0.3) is 0 Å². The summed E-state index contributed by atoms with van der Waals surface area (Å²) in [5.74, 6) is 1.77. The molecule has 0 fully saturated rings. The normalized spacial score (nSPS) is 10.4. The van der Waals surface area contributed by atoms with Crippen LogP contribution >= 0.6 is 0 Å². The highest BCUT2D eigenvalue weighted by atomic mass is 16.5. The monoisotopic (exact) mass is 453 g/mol. The molecule has 2 heterocycles. The van der Waals surface area contributed by atoms with Gasteiger partial charge in [0.05, 0.1) is 20.3 Å². The molecule has 0 atom stereocenters. The summed E-state index contributed by atoms with van der Waals surface area (Å²) >= 11 is 0. The van der Waals surface area contributed by atoms with Gasteiger partial charge in [0.1, 0.15) is 17.3 Å². The van der Waals surface area contributed by atoms with Crippen LogP contribution < -0.4 is 14.8 Å². The lowest BCUT2D eigenvalue weighted by atomic mass is 10.2. The fourth-order valence-corrected chi connectivity index (χ4v) is 2.87. The van der Waals surface area contributed by atoms with Gasteiger partial charge in [0.25, 0.3) is 0 Å². The molecule has 0 unspecified atom stereocenters. The van der Waals surface area contributed by atoms with E-state index in [1.165, 1.54) is 18.1 Å². The highest BCUT2D eigenvalue weighted by Crippen LogP contribution is 2.25. The molecular weight excluding hydrogens is 426 g/mol. The van der Waals surface area contributed by atoms with E-state index in [-0.39, 0.29) is 24.9 Å². The maximum atomic E-state index is 12.5. The number of urea groups is 1. The number of rotatable bonds is 10. The predicted octanol–water partition coefficient (Wildman–Crippen LogP) is 4.38. The minimum absolute atomic E-state index is 0.0865. The highest BCUT2D eigenvalue weighted by molar-refractivity contribution is 5.86. The number of esters is 1.